The smallest absolute Gasteiger partial charge is 0.230 e. The van der Waals surface area contributed by atoms with Crippen LogP contribution in [0.3, 0.4) is 0 Å². The predicted octanol–water partition coefficient (Wildman–Crippen LogP) is 4.94. The summed E-state index contributed by atoms with van der Waals surface area (Å²) in [6, 6.07) is 20.1. The van der Waals surface area contributed by atoms with Crippen LogP contribution in [0.5, 0.6) is 0 Å². The van der Waals surface area contributed by atoms with Gasteiger partial charge in [-0.3, -0.25) is 4.79 Å². The summed E-state index contributed by atoms with van der Waals surface area (Å²) in [5.74, 6) is 0.277. The maximum atomic E-state index is 13.5. The molecular formula is C24H18FN5O. The summed E-state index contributed by atoms with van der Waals surface area (Å²) in [6.07, 6.45) is 3.43. The van der Waals surface area contributed by atoms with Gasteiger partial charge in [-0.25, -0.2) is 14.4 Å². The Hall–Kier alpha value is -4.26. The Kier molecular flexibility index (Phi) is 4.76. The fourth-order valence-corrected chi connectivity index (χ4v) is 3.47. The number of aromatic nitrogens is 4. The van der Waals surface area contributed by atoms with Crippen LogP contribution in [0.15, 0.2) is 79.3 Å². The second kappa shape index (κ2) is 7.87. The van der Waals surface area contributed by atoms with E-state index < -0.39 is 0 Å². The summed E-state index contributed by atoms with van der Waals surface area (Å²) in [5, 5.41) is 2.88. The third-order valence-corrected chi connectivity index (χ3v) is 4.99. The number of amides is 1. The van der Waals surface area contributed by atoms with Gasteiger partial charge in [-0.1, -0.05) is 30.3 Å². The predicted molar refractivity (Wildman–Crippen MR) is 118 cm³/mol. The monoisotopic (exact) mass is 411 g/mol. The average molecular weight is 411 g/mol. The van der Waals surface area contributed by atoms with Crippen molar-refractivity contribution in [3.05, 3.63) is 90.8 Å². The van der Waals surface area contributed by atoms with E-state index in [4.69, 9.17) is 0 Å². The van der Waals surface area contributed by atoms with Crippen molar-refractivity contribution >= 4 is 22.6 Å². The van der Waals surface area contributed by atoms with Crippen molar-refractivity contribution in [2.45, 2.75) is 6.42 Å². The highest BCUT2D eigenvalue weighted by Gasteiger charge is 2.09. The molecular weight excluding hydrogens is 393 g/mol. The lowest BCUT2D eigenvalue weighted by Gasteiger charge is -2.07. The summed E-state index contributed by atoms with van der Waals surface area (Å²) < 4.78 is 13.5. The third kappa shape index (κ3) is 4.06. The molecule has 31 heavy (non-hydrogen) atoms. The highest BCUT2D eigenvalue weighted by atomic mass is 19.1. The number of hydrogen-bond acceptors (Lipinski definition) is 3. The molecule has 6 nitrogen and oxygen atoms in total. The summed E-state index contributed by atoms with van der Waals surface area (Å²) in [7, 11) is 0. The number of halogens is 1. The van der Waals surface area contributed by atoms with Crippen molar-refractivity contribution in [3.8, 4) is 22.5 Å². The van der Waals surface area contributed by atoms with Crippen molar-refractivity contribution in [3.63, 3.8) is 0 Å². The molecule has 0 saturated carbocycles. The Labute approximate surface area is 177 Å². The highest BCUT2D eigenvalue weighted by molar-refractivity contribution is 5.92. The Balaban J connectivity index is 1.35. The molecule has 0 spiro atoms. The number of aromatic amines is 2. The van der Waals surface area contributed by atoms with Crippen molar-refractivity contribution in [1.29, 1.82) is 0 Å². The van der Waals surface area contributed by atoms with Crippen molar-refractivity contribution in [2.24, 2.45) is 0 Å². The number of nitrogens with zero attached hydrogens (tertiary/aromatic N) is 2. The second-order valence-electron chi connectivity index (χ2n) is 7.21. The number of fused-ring (bicyclic) bond motifs is 1. The van der Waals surface area contributed by atoms with E-state index in [1.54, 1.807) is 18.6 Å². The van der Waals surface area contributed by atoms with Gasteiger partial charge in [0.15, 0.2) is 0 Å². The third-order valence-electron chi connectivity index (χ3n) is 4.99. The average Bonchev–Trinajstić information content (AvgIpc) is 3.44. The van der Waals surface area contributed by atoms with Gasteiger partial charge >= 0.3 is 0 Å². The lowest BCUT2D eigenvalue weighted by molar-refractivity contribution is -0.115. The Morgan fingerprint density at radius 3 is 2.61 bits per heavy atom. The van der Waals surface area contributed by atoms with Crippen LogP contribution in [-0.4, -0.2) is 25.8 Å². The number of rotatable bonds is 5. The molecule has 5 rings (SSSR count). The zero-order valence-electron chi connectivity index (χ0n) is 16.4. The molecule has 0 aliphatic heterocycles. The van der Waals surface area contributed by atoms with Crippen molar-refractivity contribution < 1.29 is 9.18 Å². The zero-order valence-corrected chi connectivity index (χ0v) is 16.4. The fourth-order valence-electron chi connectivity index (χ4n) is 3.47. The number of carbonyl (C=O) groups is 1. The van der Waals surface area contributed by atoms with E-state index >= 15 is 0 Å². The second-order valence-corrected chi connectivity index (χ2v) is 7.21. The molecule has 0 radical (unpaired) electrons. The fraction of sp³-hybridized carbons (Fsp3) is 0.0417. The van der Waals surface area contributed by atoms with E-state index in [9.17, 15) is 9.18 Å². The summed E-state index contributed by atoms with van der Waals surface area (Å²) in [6.45, 7) is 0. The van der Waals surface area contributed by atoms with E-state index in [0.29, 0.717) is 11.3 Å². The maximum absolute atomic E-state index is 13.5. The summed E-state index contributed by atoms with van der Waals surface area (Å²) in [5.41, 5.74) is 5.80. The normalized spacial score (nSPS) is 11.0. The zero-order chi connectivity index (χ0) is 21.2. The number of H-pyrrole nitrogens is 2. The molecule has 3 aromatic carbocycles. The highest BCUT2D eigenvalue weighted by Crippen LogP contribution is 2.27. The molecule has 0 fully saturated rings. The van der Waals surface area contributed by atoms with Crippen LogP contribution in [0.1, 0.15) is 5.69 Å². The molecule has 152 valence electrons. The van der Waals surface area contributed by atoms with Crippen LogP contribution in [0, 0.1) is 5.82 Å². The van der Waals surface area contributed by atoms with Gasteiger partial charge in [-0.15, -0.1) is 0 Å². The lowest BCUT2D eigenvalue weighted by atomic mass is 10.0. The standard InChI is InChI=1S/C24H18FN5O/c25-18-6-9-21-22(11-18)30-24(29-21)17-3-1-2-16(10-17)15-4-7-19(8-5-15)28-23(31)12-20-13-26-14-27-20/h1-11,13-14H,12H2,(H,26,27)(H,28,31)(H,29,30). The number of imidazole rings is 2. The van der Waals surface area contributed by atoms with Crippen LogP contribution < -0.4 is 5.32 Å². The molecule has 0 atom stereocenters. The van der Waals surface area contributed by atoms with E-state index in [-0.39, 0.29) is 18.1 Å². The van der Waals surface area contributed by atoms with Gasteiger partial charge in [0.1, 0.15) is 11.6 Å². The number of hydrogen-bond donors (Lipinski definition) is 3. The summed E-state index contributed by atoms with van der Waals surface area (Å²) in [4.78, 5) is 26.7. The van der Waals surface area contributed by atoms with Crippen molar-refractivity contribution in [1.82, 2.24) is 19.9 Å². The lowest BCUT2D eigenvalue weighted by Crippen LogP contribution is -2.14. The topological polar surface area (TPSA) is 86.5 Å². The number of nitrogens with one attached hydrogen (secondary N) is 3. The first-order valence-corrected chi connectivity index (χ1v) is 9.77. The van der Waals surface area contributed by atoms with Gasteiger partial charge in [0.25, 0.3) is 0 Å². The molecule has 0 aliphatic rings. The Morgan fingerprint density at radius 2 is 1.81 bits per heavy atom. The molecule has 0 unspecified atom stereocenters. The minimum atomic E-state index is -0.298. The number of benzene rings is 3. The van der Waals surface area contributed by atoms with Crippen LogP contribution in [-0.2, 0) is 11.2 Å². The molecule has 1 amide bonds. The molecule has 2 heterocycles. The molecule has 0 bridgehead atoms. The van der Waals surface area contributed by atoms with Crippen LogP contribution in [0.4, 0.5) is 10.1 Å². The van der Waals surface area contributed by atoms with Gasteiger partial charge in [0.2, 0.25) is 5.91 Å². The quantitative estimate of drug-likeness (QED) is 0.383. The van der Waals surface area contributed by atoms with E-state index in [1.807, 2.05) is 48.5 Å². The molecule has 7 heteroatoms. The minimum Gasteiger partial charge on any atom is -0.348 e. The van der Waals surface area contributed by atoms with Crippen molar-refractivity contribution in [2.75, 3.05) is 5.32 Å². The number of anilines is 1. The minimum absolute atomic E-state index is 0.111. The van der Waals surface area contributed by atoms with E-state index in [1.165, 1.54) is 12.1 Å². The SMILES string of the molecule is O=C(Cc1cnc[nH]1)Nc1ccc(-c2cccc(-c3nc4ccc(F)cc4[nH]3)c2)cc1. The molecule has 0 saturated heterocycles. The Bertz CT molecular complexity index is 1360. The van der Waals surface area contributed by atoms with Gasteiger partial charge in [-0.05, 0) is 47.5 Å². The van der Waals surface area contributed by atoms with Crippen LogP contribution >= 0.6 is 0 Å². The molecule has 3 N–H and O–H groups in total. The van der Waals surface area contributed by atoms with Gasteiger partial charge in [-0.2, -0.15) is 0 Å². The number of carbonyl (C=O) groups excluding carboxylic acids is 1. The first-order chi connectivity index (χ1) is 15.1. The van der Waals surface area contributed by atoms with E-state index in [0.717, 1.165) is 33.6 Å². The largest absolute Gasteiger partial charge is 0.348 e. The first-order valence-electron chi connectivity index (χ1n) is 9.77. The molecule has 0 aliphatic carbocycles. The maximum Gasteiger partial charge on any atom is 0.230 e. The van der Waals surface area contributed by atoms with Gasteiger partial charge in [0, 0.05) is 23.1 Å². The molecule has 5 aromatic rings. The van der Waals surface area contributed by atoms with Crippen LogP contribution in [0.25, 0.3) is 33.5 Å². The summed E-state index contributed by atoms with van der Waals surface area (Å²) >= 11 is 0. The van der Waals surface area contributed by atoms with Gasteiger partial charge < -0.3 is 15.3 Å². The Morgan fingerprint density at radius 1 is 0.968 bits per heavy atom. The van der Waals surface area contributed by atoms with Gasteiger partial charge in [0.05, 0.1) is 23.8 Å². The van der Waals surface area contributed by atoms with Crippen LogP contribution in [0.2, 0.25) is 0 Å². The van der Waals surface area contributed by atoms with E-state index in [2.05, 4.69) is 25.3 Å². The first kappa shape index (κ1) is 18.7. The molecule has 2 aromatic heterocycles.